The number of esters is 1. The molecule has 0 radical (unpaired) electrons. The number of amides is 1. The number of carbonyl (C=O) groups is 2. The van der Waals surface area contributed by atoms with Gasteiger partial charge in [0, 0.05) is 24.3 Å². The maximum atomic E-state index is 12.0. The molecule has 2 aromatic carbocycles. The molecule has 0 aliphatic carbocycles. The molecular formula is C19H22N2O3. The van der Waals surface area contributed by atoms with Crippen molar-refractivity contribution in [3.8, 4) is 0 Å². The van der Waals surface area contributed by atoms with Gasteiger partial charge in [-0.15, -0.1) is 0 Å². The average Bonchev–Trinajstić information content (AvgIpc) is 2.57. The van der Waals surface area contributed by atoms with Crippen molar-refractivity contribution >= 4 is 23.3 Å². The molecule has 0 spiro atoms. The quantitative estimate of drug-likeness (QED) is 0.797. The highest BCUT2D eigenvalue weighted by atomic mass is 16.5. The van der Waals surface area contributed by atoms with Crippen molar-refractivity contribution in [1.82, 2.24) is 0 Å². The number of methoxy groups -OCH3 is 1. The molecule has 1 amide bonds. The normalized spacial score (nSPS) is 10.1. The summed E-state index contributed by atoms with van der Waals surface area (Å²) in [6, 6.07) is 12.8. The molecule has 0 aromatic heterocycles. The van der Waals surface area contributed by atoms with Crippen LogP contribution >= 0.6 is 0 Å². The predicted molar refractivity (Wildman–Crippen MR) is 95.4 cm³/mol. The van der Waals surface area contributed by atoms with E-state index in [1.807, 2.05) is 6.07 Å². The third-order valence-corrected chi connectivity index (χ3v) is 3.76. The molecule has 5 heteroatoms. The molecule has 0 bridgehead atoms. The molecular weight excluding hydrogens is 304 g/mol. The SMILES string of the molecule is COC(=O)c1cccc(NC(=O)CCNc2ccc(C)c(C)c2)c1. The second-order valence-corrected chi connectivity index (χ2v) is 5.60. The first kappa shape index (κ1) is 17.5. The van der Waals surface area contributed by atoms with E-state index in [9.17, 15) is 9.59 Å². The van der Waals surface area contributed by atoms with Crippen LogP contribution < -0.4 is 10.6 Å². The molecule has 5 nitrogen and oxygen atoms in total. The van der Waals surface area contributed by atoms with Crippen molar-refractivity contribution in [2.24, 2.45) is 0 Å². The topological polar surface area (TPSA) is 67.4 Å². The summed E-state index contributed by atoms with van der Waals surface area (Å²) in [4.78, 5) is 23.5. The Balaban J connectivity index is 1.85. The Morgan fingerprint density at radius 3 is 2.50 bits per heavy atom. The van der Waals surface area contributed by atoms with Crippen molar-refractivity contribution in [1.29, 1.82) is 0 Å². The Morgan fingerprint density at radius 1 is 1.00 bits per heavy atom. The van der Waals surface area contributed by atoms with E-state index in [1.54, 1.807) is 24.3 Å². The minimum Gasteiger partial charge on any atom is -0.465 e. The molecule has 2 aromatic rings. The van der Waals surface area contributed by atoms with Gasteiger partial charge in [-0.05, 0) is 55.3 Å². The highest BCUT2D eigenvalue weighted by molar-refractivity contribution is 5.94. The number of aryl methyl sites for hydroxylation is 2. The van der Waals surface area contributed by atoms with E-state index in [1.165, 1.54) is 18.2 Å². The Morgan fingerprint density at radius 2 is 1.79 bits per heavy atom. The van der Waals surface area contributed by atoms with Gasteiger partial charge in [0.2, 0.25) is 5.91 Å². The van der Waals surface area contributed by atoms with Gasteiger partial charge in [-0.2, -0.15) is 0 Å². The molecule has 0 unspecified atom stereocenters. The highest BCUT2D eigenvalue weighted by Gasteiger charge is 2.07. The number of rotatable bonds is 6. The average molecular weight is 326 g/mol. The molecule has 0 saturated carbocycles. The van der Waals surface area contributed by atoms with Gasteiger partial charge in [-0.1, -0.05) is 12.1 Å². The van der Waals surface area contributed by atoms with E-state index in [2.05, 4.69) is 41.4 Å². The Hall–Kier alpha value is -2.82. The summed E-state index contributed by atoms with van der Waals surface area (Å²) in [5, 5.41) is 6.01. The predicted octanol–water partition coefficient (Wildman–Crippen LogP) is 3.53. The fraction of sp³-hybridized carbons (Fsp3) is 0.263. The Bertz CT molecular complexity index is 741. The fourth-order valence-corrected chi connectivity index (χ4v) is 2.24. The van der Waals surface area contributed by atoms with E-state index in [0.29, 0.717) is 24.2 Å². The van der Waals surface area contributed by atoms with Gasteiger partial charge < -0.3 is 15.4 Å². The third kappa shape index (κ3) is 4.84. The number of hydrogen-bond donors (Lipinski definition) is 2. The number of anilines is 2. The number of nitrogens with one attached hydrogen (secondary N) is 2. The maximum absolute atomic E-state index is 12.0. The lowest BCUT2D eigenvalue weighted by Gasteiger charge is -2.10. The summed E-state index contributed by atoms with van der Waals surface area (Å²) in [6.45, 7) is 4.65. The summed E-state index contributed by atoms with van der Waals surface area (Å²) >= 11 is 0. The standard InChI is InChI=1S/C19H22N2O3/c1-13-7-8-16(11-14(13)2)20-10-9-18(22)21-17-6-4-5-15(12-17)19(23)24-3/h4-8,11-12,20H,9-10H2,1-3H3,(H,21,22). The third-order valence-electron chi connectivity index (χ3n) is 3.76. The maximum Gasteiger partial charge on any atom is 0.337 e. The first-order valence-electron chi connectivity index (χ1n) is 7.79. The van der Waals surface area contributed by atoms with E-state index >= 15 is 0 Å². The van der Waals surface area contributed by atoms with Crippen LogP contribution in [-0.2, 0) is 9.53 Å². The van der Waals surface area contributed by atoms with E-state index in [0.717, 1.165) is 5.69 Å². The molecule has 0 aliphatic rings. The van der Waals surface area contributed by atoms with Gasteiger partial charge in [0.1, 0.15) is 0 Å². The zero-order valence-corrected chi connectivity index (χ0v) is 14.2. The molecule has 0 heterocycles. The van der Waals surface area contributed by atoms with Crippen LogP contribution in [0.4, 0.5) is 11.4 Å². The van der Waals surface area contributed by atoms with Crippen molar-refractivity contribution in [2.75, 3.05) is 24.3 Å². The minimum atomic E-state index is -0.428. The van der Waals surface area contributed by atoms with E-state index in [-0.39, 0.29) is 5.91 Å². The van der Waals surface area contributed by atoms with Crippen LogP contribution in [0.3, 0.4) is 0 Å². The molecule has 2 N–H and O–H groups in total. The van der Waals surface area contributed by atoms with Gasteiger partial charge in [0.05, 0.1) is 12.7 Å². The van der Waals surface area contributed by atoms with Crippen molar-refractivity contribution < 1.29 is 14.3 Å². The van der Waals surface area contributed by atoms with Crippen molar-refractivity contribution in [3.05, 3.63) is 59.2 Å². The summed E-state index contributed by atoms with van der Waals surface area (Å²) < 4.78 is 4.67. The fourth-order valence-electron chi connectivity index (χ4n) is 2.24. The molecule has 24 heavy (non-hydrogen) atoms. The van der Waals surface area contributed by atoms with Gasteiger partial charge in [0.25, 0.3) is 0 Å². The lowest BCUT2D eigenvalue weighted by molar-refractivity contribution is -0.115. The van der Waals surface area contributed by atoms with Gasteiger partial charge in [0.15, 0.2) is 0 Å². The number of benzene rings is 2. The van der Waals surface area contributed by atoms with Gasteiger partial charge >= 0.3 is 5.97 Å². The summed E-state index contributed by atoms with van der Waals surface area (Å²) in [5.74, 6) is -0.546. The molecule has 0 aliphatic heterocycles. The Labute approximate surface area is 142 Å². The zero-order valence-electron chi connectivity index (χ0n) is 14.2. The second kappa shape index (κ2) is 8.15. The van der Waals surface area contributed by atoms with Gasteiger partial charge in [-0.25, -0.2) is 4.79 Å². The monoisotopic (exact) mass is 326 g/mol. The van der Waals surface area contributed by atoms with Crippen LogP contribution in [0.5, 0.6) is 0 Å². The zero-order chi connectivity index (χ0) is 17.5. The molecule has 0 fully saturated rings. The largest absolute Gasteiger partial charge is 0.465 e. The smallest absolute Gasteiger partial charge is 0.337 e. The van der Waals surface area contributed by atoms with Crippen LogP contribution in [0.25, 0.3) is 0 Å². The molecule has 2 rings (SSSR count). The van der Waals surface area contributed by atoms with Gasteiger partial charge in [-0.3, -0.25) is 4.79 Å². The molecule has 0 saturated heterocycles. The molecule has 126 valence electrons. The van der Waals surface area contributed by atoms with Crippen molar-refractivity contribution in [2.45, 2.75) is 20.3 Å². The minimum absolute atomic E-state index is 0.117. The first-order valence-corrected chi connectivity index (χ1v) is 7.79. The highest BCUT2D eigenvalue weighted by Crippen LogP contribution is 2.14. The van der Waals surface area contributed by atoms with E-state index in [4.69, 9.17) is 0 Å². The lowest BCUT2D eigenvalue weighted by Crippen LogP contribution is -2.16. The van der Waals surface area contributed by atoms with E-state index < -0.39 is 5.97 Å². The summed E-state index contributed by atoms with van der Waals surface area (Å²) in [7, 11) is 1.33. The number of hydrogen-bond acceptors (Lipinski definition) is 4. The second-order valence-electron chi connectivity index (χ2n) is 5.60. The summed E-state index contributed by atoms with van der Waals surface area (Å²) in [6.07, 6.45) is 0.329. The number of carbonyl (C=O) groups excluding carboxylic acids is 2. The van der Waals surface area contributed by atoms with Crippen LogP contribution in [0.15, 0.2) is 42.5 Å². The van der Waals surface area contributed by atoms with Crippen LogP contribution in [-0.4, -0.2) is 25.5 Å². The first-order chi connectivity index (χ1) is 11.5. The van der Waals surface area contributed by atoms with Crippen LogP contribution in [0.1, 0.15) is 27.9 Å². The lowest BCUT2D eigenvalue weighted by atomic mass is 10.1. The summed E-state index contributed by atoms with van der Waals surface area (Å²) in [5.41, 5.74) is 4.43. The number of ether oxygens (including phenoxy) is 1. The van der Waals surface area contributed by atoms with Crippen LogP contribution in [0.2, 0.25) is 0 Å². The van der Waals surface area contributed by atoms with Crippen LogP contribution in [0, 0.1) is 13.8 Å². The molecule has 0 atom stereocenters. The Kier molecular flexibility index (Phi) is 5.95. The van der Waals surface area contributed by atoms with Crippen molar-refractivity contribution in [3.63, 3.8) is 0 Å².